The SMILES string of the molecule is OP(OCCCBr)OCCCOP(O)OCCCBr. The number of alkyl halides is 2. The second-order valence-corrected chi connectivity index (χ2v) is 6.82. The van der Waals surface area contributed by atoms with Crippen LogP contribution in [0.15, 0.2) is 0 Å². The summed E-state index contributed by atoms with van der Waals surface area (Å²) in [5.41, 5.74) is 0. The van der Waals surface area contributed by atoms with Crippen molar-refractivity contribution in [3.8, 4) is 0 Å². The van der Waals surface area contributed by atoms with Gasteiger partial charge < -0.3 is 27.9 Å². The van der Waals surface area contributed by atoms with Gasteiger partial charge in [-0.2, -0.15) is 0 Å². The van der Waals surface area contributed by atoms with Crippen LogP contribution in [-0.4, -0.2) is 46.9 Å². The van der Waals surface area contributed by atoms with Crippen molar-refractivity contribution in [1.82, 2.24) is 0 Å². The third-order valence-electron chi connectivity index (χ3n) is 1.65. The molecule has 0 spiro atoms. The molecule has 0 amide bonds. The average Bonchev–Trinajstić information content (AvgIpc) is 2.39. The highest BCUT2D eigenvalue weighted by Gasteiger charge is 2.08. The summed E-state index contributed by atoms with van der Waals surface area (Å²) in [7, 11) is -3.61. The molecule has 0 radical (unpaired) electrons. The standard InChI is InChI=1S/C9H20Br2O6P2/c10-4-1-6-14-18(12)16-8-3-9-17-19(13)15-7-2-5-11/h12-13H,1-9H2. The summed E-state index contributed by atoms with van der Waals surface area (Å²) in [4.78, 5) is 18.6. The van der Waals surface area contributed by atoms with E-state index in [1.54, 1.807) is 0 Å². The fourth-order valence-corrected chi connectivity index (χ4v) is 2.56. The second kappa shape index (κ2) is 16.0. The molecule has 0 bridgehead atoms. The fraction of sp³-hybridized carbons (Fsp3) is 1.00. The molecule has 0 saturated heterocycles. The van der Waals surface area contributed by atoms with Crippen LogP contribution in [-0.2, 0) is 18.1 Å². The van der Waals surface area contributed by atoms with Crippen molar-refractivity contribution in [2.45, 2.75) is 19.3 Å². The van der Waals surface area contributed by atoms with Gasteiger partial charge in [-0.15, -0.1) is 0 Å². The predicted molar refractivity (Wildman–Crippen MR) is 83.5 cm³/mol. The predicted octanol–water partition coefficient (Wildman–Crippen LogP) is 3.45. The summed E-state index contributed by atoms with van der Waals surface area (Å²) in [5, 5.41) is 1.66. The Bertz CT molecular complexity index is 176. The molecular weight excluding hydrogens is 426 g/mol. The van der Waals surface area contributed by atoms with Crippen molar-refractivity contribution < 1.29 is 27.9 Å². The molecule has 0 rings (SSSR count). The van der Waals surface area contributed by atoms with Crippen LogP contribution in [0.2, 0.25) is 0 Å². The number of hydrogen-bond acceptors (Lipinski definition) is 6. The van der Waals surface area contributed by atoms with Crippen LogP contribution in [0.3, 0.4) is 0 Å². The number of halogens is 2. The minimum atomic E-state index is -1.81. The first-order valence-electron chi connectivity index (χ1n) is 5.82. The van der Waals surface area contributed by atoms with Gasteiger partial charge in [0.25, 0.3) is 0 Å². The maximum Gasteiger partial charge on any atom is 0.329 e. The van der Waals surface area contributed by atoms with Gasteiger partial charge >= 0.3 is 17.2 Å². The van der Waals surface area contributed by atoms with Crippen molar-refractivity contribution in [2.75, 3.05) is 37.1 Å². The lowest BCUT2D eigenvalue weighted by Gasteiger charge is -2.12. The summed E-state index contributed by atoms with van der Waals surface area (Å²) >= 11 is 6.52. The van der Waals surface area contributed by atoms with E-state index in [2.05, 4.69) is 31.9 Å². The normalized spacial score (nSPS) is 14.5. The zero-order valence-corrected chi connectivity index (χ0v) is 15.5. The van der Waals surface area contributed by atoms with E-state index in [9.17, 15) is 9.79 Å². The molecule has 0 fully saturated rings. The molecule has 0 aromatic rings. The van der Waals surface area contributed by atoms with Crippen LogP contribution in [0.4, 0.5) is 0 Å². The van der Waals surface area contributed by atoms with Crippen molar-refractivity contribution in [3.05, 3.63) is 0 Å². The molecule has 10 heteroatoms. The maximum atomic E-state index is 9.32. The lowest BCUT2D eigenvalue weighted by atomic mass is 10.5. The van der Waals surface area contributed by atoms with Crippen LogP contribution >= 0.6 is 49.1 Å². The van der Waals surface area contributed by atoms with Gasteiger partial charge in [0.1, 0.15) is 0 Å². The first-order valence-corrected chi connectivity index (χ1v) is 10.3. The van der Waals surface area contributed by atoms with Crippen molar-refractivity contribution >= 4 is 49.1 Å². The van der Waals surface area contributed by atoms with Gasteiger partial charge in [-0.25, -0.2) is 0 Å². The molecule has 0 aliphatic heterocycles. The molecule has 2 N–H and O–H groups in total. The molecule has 116 valence electrons. The molecule has 0 heterocycles. The molecule has 2 unspecified atom stereocenters. The minimum Gasteiger partial charge on any atom is -0.328 e. The second-order valence-electron chi connectivity index (χ2n) is 3.25. The van der Waals surface area contributed by atoms with E-state index in [-0.39, 0.29) is 0 Å². The molecule has 0 aromatic heterocycles. The Morgan fingerprint density at radius 2 is 0.947 bits per heavy atom. The Labute approximate surface area is 133 Å². The van der Waals surface area contributed by atoms with Gasteiger partial charge in [-0.1, -0.05) is 31.9 Å². The molecule has 19 heavy (non-hydrogen) atoms. The zero-order valence-electron chi connectivity index (χ0n) is 10.5. The first-order chi connectivity index (χ1) is 9.20. The van der Waals surface area contributed by atoms with E-state index in [4.69, 9.17) is 18.1 Å². The highest BCUT2D eigenvalue weighted by molar-refractivity contribution is 9.09. The largest absolute Gasteiger partial charge is 0.329 e. The van der Waals surface area contributed by atoms with E-state index in [0.29, 0.717) is 32.8 Å². The van der Waals surface area contributed by atoms with Gasteiger partial charge in [0.2, 0.25) is 0 Å². The Morgan fingerprint density at radius 3 is 1.26 bits per heavy atom. The monoisotopic (exact) mass is 444 g/mol. The van der Waals surface area contributed by atoms with Gasteiger partial charge in [0.05, 0.1) is 26.4 Å². The van der Waals surface area contributed by atoms with E-state index in [0.717, 1.165) is 23.5 Å². The minimum absolute atomic E-state index is 0.321. The molecule has 0 aliphatic carbocycles. The lowest BCUT2D eigenvalue weighted by molar-refractivity contribution is 0.168. The van der Waals surface area contributed by atoms with E-state index in [1.165, 1.54) is 0 Å². The van der Waals surface area contributed by atoms with Crippen LogP contribution in [0, 0.1) is 0 Å². The third-order valence-corrected chi connectivity index (χ3v) is 4.39. The van der Waals surface area contributed by atoms with Crippen LogP contribution in [0.25, 0.3) is 0 Å². The van der Waals surface area contributed by atoms with Crippen LogP contribution < -0.4 is 0 Å². The summed E-state index contributed by atoms with van der Waals surface area (Å²) in [5.74, 6) is 0. The topological polar surface area (TPSA) is 77.4 Å². The van der Waals surface area contributed by atoms with Crippen LogP contribution in [0.1, 0.15) is 19.3 Å². The van der Waals surface area contributed by atoms with Gasteiger partial charge in [0.15, 0.2) is 0 Å². The van der Waals surface area contributed by atoms with Crippen molar-refractivity contribution in [1.29, 1.82) is 0 Å². The molecule has 6 nitrogen and oxygen atoms in total. The average molecular weight is 446 g/mol. The quantitative estimate of drug-likeness (QED) is 0.242. The summed E-state index contributed by atoms with van der Waals surface area (Å²) in [6, 6.07) is 0. The fourth-order valence-electron chi connectivity index (χ4n) is 0.813. The first kappa shape index (κ1) is 20.6. The summed E-state index contributed by atoms with van der Waals surface area (Å²) in [6.07, 6.45) is 2.21. The Kier molecular flexibility index (Phi) is 17.3. The molecular formula is C9H20Br2O6P2. The van der Waals surface area contributed by atoms with Gasteiger partial charge in [-0.05, 0) is 19.3 Å². The third kappa shape index (κ3) is 15.8. The summed E-state index contributed by atoms with van der Waals surface area (Å²) < 4.78 is 20.2. The lowest BCUT2D eigenvalue weighted by Crippen LogP contribution is -2.00. The molecule has 0 aromatic carbocycles. The van der Waals surface area contributed by atoms with E-state index >= 15 is 0 Å². The van der Waals surface area contributed by atoms with Crippen molar-refractivity contribution in [3.63, 3.8) is 0 Å². The molecule has 0 saturated carbocycles. The smallest absolute Gasteiger partial charge is 0.328 e. The number of rotatable bonds is 14. The summed E-state index contributed by atoms with van der Waals surface area (Å²) in [6.45, 7) is 1.57. The maximum absolute atomic E-state index is 9.32. The molecule has 2 atom stereocenters. The molecule has 0 aliphatic rings. The Hall–Kier alpha value is 1.58. The number of hydrogen-bond donors (Lipinski definition) is 2. The van der Waals surface area contributed by atoms with Crippen LogP contribution in [0.5, 0.6) is 0 Å². The Morgan fingerprint density at radius 1 is 0.632 bits per heavy atom. The Balaban J connectivity index is 3.24. The van der Waals surface area contributed by atoms with Crippen molar-refractivity contribution in [2.24, 2.45) is 0 Å². The van der Waals surface area contributed by atoms with Gasteiger partial charge in [0, 0.05) is 10.7 Å². The highest BCUT2D eigenvalue weighted by Crippen LogP contribution is 2.34. The highest BCUT2D eigenvalue weighted by atomic mass is 79.9. The van der Waals surface area contributed by atoms with E-state index in [1.807, 2.05) is 0 Å². The van der Waals surface area contributed by atoms with Gasteiger partial charge in [-0.3, -0.25) is 0 Å². The van der Waals surface area contributed by atoms with E-state index < -0.39 is 17.2 Å². The zero-order chi connectivity index (χ0) is 14.3.